The molecule has 1 rings (SSSR count). The first-order valence-corrected chi connectivity index (χ1v) is 16.9. The summed E-state index contributed by atoms with van der Waals surface area (Å²) < 4.78 is 1.61. The van der Waals surface area contributed by atoms with Crippen LogP contribution in [0, 0.1) is 0 Å². The van der Waals surface area contributed by atoms with Crippen molar-refractivity contribution in [2.75, 3.05) is 19.6 Å². The summed E-state index contributed by atoms with van der Waals surface area (Å²) in [6.45, 7) is 8.06. The van der Waals surface area contributed by atoms with Crippen LogP contribution in [-0.4, -0.2) is 32.9 Å². The molecule has 146 valence electrons. The Kier molecular flexibility index (Phi) is 35.7. The third kappa shape index (κ3) is 32.7. The molecule has 1 aromatic carbocycles. The summed E-state index contributed by atoms with van der Waals surface area (Å²) >= 11 is -1.44. The van der Waals surface area contributed by atoms with Gasteiger partial charge in [0.2, 0.25) is 0 Å². The molecule has 0 atom stereocenters. The van der Waals surface area contributed by atoms with E-state index in [9.17, 15) is 0 Å². The molecule has 3 N–H and O–H groups in total. The topological polar surface area (TPSA) is 71.4 Å². The van der Waals surface area contributed by atoms with Crippen LogP contribution in [0.5, 0.6) is 0 Å². The van der Waals surface area contributed by atoms with Crippen LogP contribution in [0.4, 0.5) is 0 Å². The predicted octanol–water partition coefficient (Wildman–Crippen LogP) is 7.46. The average molecular weight is 577 g/mol. The second-order valence-corrected chi connectivity index (χ2v) is 17.4. The van der Waals surface area contributed by atoms with Crippen molar-refractivity contribution in [3.63, 3.8) is 0 Å². The number of nitrogens with one attached hydrogen (secondary N) is 3. The summed E-state index contributed by atoms with van der Waals surface area (Å²) in [5, 5.41) is 0. The van der Waals surface area contributed by atoms with Gasteiger partial charge in [0, 0.05) is 0 Å². The van der Waals surface area contributed by atoms with Gasteiger partial charge in [-0.3, -0.25) is 0 Å². The minimum atomic E-state index is -1.44. The maximum absolute atomic E-state index is 6.60. The van der Waals surface area contributed by atoms with Gasteiger partial charge in [0.05, 0.1) is 0 Å². The van der Waals surface area contributed by atoms with Crippen LogP contribution < -0.4 is 4.40 Å². The molecule has 0 aliphatic heterocycles. The molecule has 0 saturated heterocycles. The standard InChI is InChI=1S/C8H13Ge.3C4H10N.Hf/c1-9(2,3)8-6-4-5-7-8;3*1-2-3-4-5;/h4-7H,1-3H3;3*5H,2-4H2,1H3;/q4*-1;+4. The quantitative estimate of drug-likeness (QED) is 0.239. The van der Waals surface area contributed by atoms with E-state index in [1.165, 1.54) is 0 Å². The molecule has 5 heteroatoms. The third-order valence-electron chi connectivity index (χ3n) is 3.12. The van der Waals surface area contributed by atoms with Crippen molar-refractivity contribution in [3.8, 4) is 0 Å². The van der Waals surface area contributed by atoms with Crippen LogP contribution >= 0.6 is 0 Å². The fraction of sp³-hybridized carbons (Fsp3) is 0.750. The van der Waals surface area contributed by atoms with Crippen molar-refractivity contribution >= 4 is 17.7 Å². The molecule has 0 amide bonds. The van der Waals surface area contributed by atoms with Gasteiger partial charge in [-0.25, -0.2) is 0 Å². The zero-order chi connectivity index (χ0) is 19.3. The van der Waals surface area contributed by atoms with Gasteiger partial charge in [0.25, 0.3) is 0 Å². The zero-order valence-corrected chi connectivity index (χ0v) is 23.4. The normalized spacial score (nSPS) is 9.32. The number of hydrogen-bond donors (Lipinski definition) is 0. The van der Waals surface area contributed by atoms with Gasteiger partial charge in [0.1, 0.15) is 0 Å². The van der Waals surface area contributed by atoms with E-state index in [4.69, 9.17) is 17.2 Å². The van der Waals surface area contributed by atoms with Crippen molar-refractivity contribution in [1.82, 2.24) is 0 Å². The first kappa shape index (κ1) is 33.2. The largest absolute Gasteiger partial charge is 4.00 e. The molecule has 1 aromatic rings. The maximum Gasteiger partial charge on any atom is 4.00 e. The number of unbranched alkanes of at least 4 members (excludes halogenated alkanes) is 3. The van der Waals surface area contributed by atoms with Gasteiger partial charge in [0.15, 0.2) is 0 Å². The third-order valence-corrected chi connectivity index (χ3v) is 7.45. The van der Waals surface area contributed by atoms with Crippen LogP contribution in [-0.2, 0) is 25.8 Å². The van der Waals surface area contributed by atoms with E-state index in [2.05, 4.69) is 62.3 Å². The van der Waals surface area contributed by atoms with Gasteiger partial charge < -0.3 is 17.2 Å². The molecule has 0 unspecified atom stereocenters. The smallest absolute Gasteiger partial charge is 4.00 e. The van der Waals surface area contributed by atoms with Gasteiger partial charge in [-0.1, -0.05) is 59.3 Å². The molecule has 0 bridgehead atoms. The van der Waals surface area contributed by atoms with E-state index in [1.807, 2.05) is 0 Å². The Morgan fingerprint density at radius 1 is 0.680 bits per heavy atom. The molecule has 0 heterocycles. The van der Waals surface area contributed by atoms with Gasteiger partial charge >= 0.3 is 85.0 Å². The second kappa shape index (κ2) is 26.9. The summed E-state index contributed by atoms with van der Waals surface area (Å²) in [5.41, 5.74) is 19.8. The van der Waals surface area contributed by atoms with Crippen LogP contribution in [0.15, 0.2) is 24.3 Å². The molecule has 0 radical (unpaired) electrons. The summed E-state index contributed by atoms with van der Waals surface area (Å²) in [7, 11) is 0. The summed E-state index contributed by atoms with van der Waals surface area (Å²) in [6, 6.07) is 8.76. The van der Waals surface area contributed by atoms with E-state index < -0.39 is 13.3 Å². The fourth-order valence-electron chi connectivity index (χ4n) is 1.40. The molecular formula is C20H43GeHfN3. The number of hydrogen-bond acceptors (Lipinski definition) is 0. The molecule has 3 nitrogen and oxygen atoms in total. The monoisotopic (exact) mass is 579 g/mol. The van der Waals surface area contributed by atoms with Crippen molar-refractivity contribution in [1.29, 1.82) is 0 Å². The first-order valence-electron chi connectivity index (χ1n) is 9.51. The fourth-order valence-corrected chi connectivity index (χ4v) is 3.91. The Hall–Kier alpha value is 0.643. The van der Waals surface area contributed by atoms with Gasteiger partial charge in [-0.05, 0) is 0 Å². The Labute approximate surface area is 180 Å². The molecule has 0 aliphatic rings. The van der Waals surface area contributed by atoms with Crippen molar-refractivity contribution in [2.24, 2.45) is 0 Å². The van der Waals surface area contributed by atoms with Crippen LogP contribution in [0.3, 0.4) is 0 Å². The van der Waals surface area contributed by atoms with Crippen LogP contribution in [0.25, 0.3) is 17.2 Å². The molecule has 0 aliphatic carbocycles. The average Bonchev–Trinajstić information content (AvgIpc) is 3.06. The minimum absolute atomic E-state index is 0. The Bertz CT molecular complexity index is 278. The van der Waals surface area contributed by atoms with E-state index >= 15 is 0 Å². The van der Waals surface area contributed by atoms with E-state index in [-0.39, 0.29) is 25.8 Å². The van der Waals surface area contributed by atoms with E-state index in [1.54, 1.807) is 4.40 Å². The molecule has 0 aromatic heterocycles. The Morgan fingerprint density at radius 2 is 0.960 bits per heavy atom. The predicted molar refractivity (Wildman–Crippen MR) is 117 cm³/mol. The van der Waals surface area contributed by atoms with Gasteiger partial charge in [-0.2, -0.15) is 19.6 Å². The molecular weight excluding hydrogens is 533 g/mol. The number of rotatable bonds is 7. The molecule has 0 saturated carbocycles. The van der Waals surface area contributed by atoms with Crippen molar-refractivity contribution in [3.05, 3.63) is 41.5 Å². The van der Waals surface area contributed by atoms with E-state index in [0.717, 1.165) is 38.5 Å². The second-order valence-electron chi connectivity index (χ2n) is 6.73. The molecule has 0 spiro atoms. The maximum atomic E-state index is 6.60. The summed E-state index contributed by atoms with van der Waals surface area (Å²) in [6.07, 6.45) is 6.64. The summed E-state index contributed by atoms with van der Waals surface area (Å²) in [4.78, 5) is 0. The van der Waals surface area contributed by atoms with E-state index in [0.29, 0.717) is 19.6 Å². The summed E-state index contributed by atoms with van der Waals surface area (Å²) in [5.74, 6) is 7.24. The minimum Gasteiger partial charge on any atom is 4.00 e. The van der Waals surface area contributed by atoms with Crippen molar-refractivity contribution < 1.29 is 25.8 Å². The molecule has 0 fully saturated rings. The Morgan fingerprint density at radius 3 is 1.04 bits per heavy atom. The van der Waals surface area contributed by atoms with Gasteiger partial charge in [-0.15, -0.1) is 0 Å². The Balaban J connectivity index is -0.000000122. The SMILES string of the molecule is CCCC[NH-].CCCC[NH-].CCCC[NH-].[CH3][Ge]([CH3])([CH3])[c-]1cccc1.[Hf+4]. The zero-order valence-electron chi connectivity index (χ0n) is 17.7. The molecule has 25 heavy (non-hydrogen) atoms. The van der Waals surface area contributed by atoms with Crippen LogP contribution in [0.2, 0.25) is 17.3 Å². The van der Waals surface area contributed by atoms with Crippen molar-refractivity contribution in [2.45, 2.75) is 76.6 Å². The first-order chi connectivity index (χ1) is 11.3. The van der Waals surface area contributed by atoms with Crippen LogP contribution in [0.1, 0.15) is 59.3 Å².